The van der Waals surface area contributed by atoms with Crippen LogP contribution in [0.2, 0.25) is 5.02 Å². The maximum atomic E-state index is 13.4. The third-order valence-corrected chi connectivity index (χ3v) is 11.0. The van der Waals surface area contributed by atoms with Crippen molar-refractivity contribution >= 4 is 46.7 Å². The zero-order chi connectivity index (χ0) is 40.4. The second-order valence-electron chi connectivity index (χ2n) is 15.1. The van der Waals surface area contributed by atoms with E-state index in [1.165, 1.54) is 10.7 Å². The number of amides is 4. The van der Waals surface area contributed by atoms with Crippen molar-refractivity contribution in [2.45, 2.75) is 26.3 Å². The van der Waals surface area contributed by atoms with E-state index in [-0.39, 0.29) is 46.8 Å². The fourth-order valence-corrected chi connectivity index (χ4v) is 7.59. The number of aryl methyl sites for hydroxylation is 1. The van der Waals surface area contributed by atoms with E-state index in [0.717, 1.165) is 58.9 Å². The van der Waals surface area contributed by atoms with E-state index >= 15 is 0 Å². The first-order valence-corrected chi connectivity index (χ1v) is 19.1. The van der Waals surface area contributed by atoms with Crippen molar-refractivity contribution in [3.05, 3.63) is 95.0 Å². The molecular weight excluding hydrogens is 753 g/mol. The lowest BCUT2D eigenvalue weighted by Crippen LogP contribution is -2.54. The van der Waals surface area contributed by atoms with Gasteiger partial charge in [0.15, 0.2) is 11.6 Å². The van der Waals surface area contributed by atoms with Gasteiger partial charge in [0, 0.05) is 69.4 Å². The summed E-state index contributed by atoms with van der Waals surface area (Å²) >= 11 is 6.59. The Morgan fingerprint density at radius 2 is 1.58 bits per heavy atom. The molecule has 2 aliphatic heterocycles. The molecule has 2 fully saturated rings. The quantitative estimate of drug-likeness (QED) is 0.206. The standard InChI is InChI=1S/C40H43ClFN11O4/c1-25-31(23-52(48-25)24-36(54)45-35-12-11-34(42)46-47-35)26-5-7-27(8-6-26)33-22-43-37(49(33)2)38(55)44-29-9-10-30(32(41)21-29)40(57)51-17-15-50(16-18-51)39(56)28-13-19-53(3,4)20-14-28/h5-12,21-23,28H,13-20,24H2,1-4H3,(H-,44,45,47,54,55,57)/p+1. The van der Waals surface area contributed by atoms with Crippen LogP contribution in [0.4, 0.5) is 15.9 Å². The minimum absolute atomic E-state index is 0.0524. The van der Waals surface area contributed by atoms with E-state index in [2.05, 4.69) is 45.0 Å². The predicted octanol–water partition coefficient (Wildman–Crippen LogP) is 4.50. The van der Waals surface area contributed by atoms with Crippen molar-refractivity contribution in [3.8, 4) is 22.4 Å². The summed E-state index contributed by atoms with van der Waals surface area (Å²) in [6, 6.07) is 14.9. The summed E-state index contributed by atoms with van der Waals surface area (Å²) < 4.78 is 17.2. The maximum absolute atomic E-state index is 13.4. The van der Waals surface area contributed by atoms with Gasteiger partial charge in [0.2, 0.25) is 17.8 Å². The molecule has 5 aromatic rings. The molecule has 4 amide bonds. The average Bonchev–Trinajstić information content (AvgIpc) is 3.76. The Kier molecular flexibility index (Phi) is 11.2. The van der Waals surface area contributed by atoms with Gasteiger partial charge >= 0.3 is 0 Å². The fourth-order valence-electron chi connectivity index (χ4n) is 7.33. The minimum atomic E-state index is -0.741. The molecule has 2 aromatic carbocycles. The average molecular weight is 797 g/mol. The van der Waals surface area contributed by atoms with E-state index in [0.29, 0.717) is 43.1 Å². The van der Waals surface area contributed by atoms with Gasteiger partial charge in [0.05, 0.1) is 55.4 Å². The van der Waals surface area contributed by atoms with Crippen LogP contribution in [0, 0.1) is 18.8 Å². The van der Waals surface area contributed by atoms with Gasteiger partial charge in [-0.1, -0.05) is 35.9 Å². The maximum Gasteiger partial charge on any atom is 0.291 e. The summed E-state index contributed by atoms with van der Waals surface area (Å²) in [5, 5.41) is 17.0. The molecule has 57 heavy (non-hydrogen) atoms. The van der Waals surface area contributed by atoms with Crippen molar-refractivity contribution in [1.82, 2.24) is 39.3 Å². The molecule has 0 unspecified atom stereocenters. The highest BCUT2D eigenvalue weighted by Crippen LogP contribution is 2.29. The Balaban J connectivity index is 0.934. The number of anilines is 2. The molecule has 0 atom stereocenters. The fraction of sp³-hybridized carbons (Fsp3) is 0.350. The molecule has 296 valence electrons. The van der Waals surface area contributed by atoms with Crippen LogP contribution in [-0.4, -0.2) is 121 Å². The predicted molar refractivity (Wildman–Crippen MR) is 212 cm³/mol. The topological polar surface area (TPSA) is 160 Å². The molecule has 0 spiro atoms. The van der Waals surface area contributed by atoms with Crippen LogP contribution in [0.25, 0.3) is 22.4 Å². The van der Waals surface area contributed by atoms with Crippen LogP contribution >= 0.6 is 11.6 Å². The molecule has 5 heterocycles. The first-order chi connectivity index (χ1) is 27.2. The molecular formula is C40H44ClFN11O4+. The normalized spacial score (nSPS) is 15.7. The Labute approximate surface area is 334 Å². The molecule has 3 aromatic heterocycles. The van der Waals surface area contributed by atoms with E-state index in [4.69, 9.17) is 11.6 Å². The van der Waals surface area contributed by atoms with Crippen LogP contribution in [0.5, 0.6) is 0 Å². The Morgan fingerprint density at radius 1 is 0.895 bits per heavy atom. The summed E-state index contributed by atoms with van der Waals surface area (Å²) in [6.07, 6.45) is 5.17. The van der Waals surface area contributed by atoms with Crippen molar-refractivity contribution in [2.75, 3.05) is 64.0 Å². The Hall–Kier alpha value is -6.00. The van der Waals surface area contributed by atoms with Crippen LogP contribution < -0.4 is 10.6 Å². The molecule has 2 saturated heterocycles. The van der Waals surface area contributed by atoms with Gasteiger partial charge in [-0.25, -0.2) is 4.98 Å². The molecule has 2 aliphatic rings. The SMILES string of the molecule is Cc1nn(CC(=O)Nc2ccc(F)nn2)cc1-c1ccc(-c2cnc(C(=O)Nc3ccc(C(=O)N4CCN(C(=O)C5CC[N+](C)(C)CC5)CC4)c(Cl)c3)n2C)cc1. The van der Waals surface area contributed by atoms with E-state index in [9.17, 15) is 23.6 Å². The van der Waals surface area contributed by atoms with Crippen LogP contribution in [0.3, 0.4) is 0 Å². The highest BCUT2D eigenvalue weighted by Gasteiger charge is 2.35. The third-order valence-electron chi connectivity index (χ3n) is 10.7. The molecule has 0 bridgehead atoms. The van der Waals surface area contributed by atoms with Crippen LogP contribution in [0.15, 0.2) is 67.0 Å². The van der Waals surface area contributed by atoms with Gasteiger partial charge in [0.1, 0.15) is 6.54 Å². The highest BCUT2D eigenvalue weighted by atomic mass is 35.5. The number of quaternary nitrogens is 1. The lowest BCUT2D eigenvalue weighted by atomic mass is 9.94. The van der Waals surface area contributed by atoms with Crippen molar-refractivity contribution in [3.63, 3.8) is 0 Å². The number of piperidine rings is 1. The molecule has 15 nitrogen and oxygen atoms in total. The minimum Gasteiger partial charge on any atom is -0.339 e. The number of hydrogen-bond acceptors (Lipinski definition) is 8. The van der Waals surface area contributed by atoms with Gasteiger partial charge in [0.25, 0.3) is 11.8 Å². The second-order valence-corrected chi connectivity index (χ2v) is 15.5. The number of nitrogens with zero attached hydrogens (tertiary/aromatic N) is 9. The van der Waals surface area contributed by atoms with Gasteiger partial charge < -0.3 is 29.5 Å². The number of likely N-dealkylation sites (tertiary alicyclic amines) is 1. The summed E-state index contributed by atoms with van der Waals surface area (Å²) in [5.41, 5.74) is 4.71. The smallest absolute Gasteiger partial charge is 0.291 e. The first kappa shape index (κ1) is 39.2. The number of carbonyl (C=O) groups is 4. The van der Waals surface area contributed by atoms with Crippen molar-refractivity contribution in [2.24, 2.45) is 13.0 Å². The number of rotatable bonds is 9. The Bertz CT molecular complexity index is 2310. The molecule has 0 aliphatic carbocycles. The van der Waals surface area contributed by atoms with Crippen molar-refractivity contribution < 1.29 is 28.1 Å². The molecule has 0 saturated carbocycles. The van der Waals surface area contributed by atoms with E-state index < -0.39 is 11.9 Å². The summed E-state index contributed by atoms with van der Waals surface area (Å²) in [7, 11) is 6.14. The number of benzene rings is 2. The number of aromatic nitrogens is 6. The molecule has 0 radical (unpaired) electrons. The largest absolute Gasteiger partial charge is 0.339 e. The molecule has 17 heteroatoms. The number of nitrogens with one attached hydrogen (secondary N) is 2. The lowest BCUT2D eigenvalue weighted by Gasteiger charge is -2.40. The third kappa shape index (κ3) is 8.86. The summed E-state index contributed by atoms with van der Waals surface area (Å²) in [4.78, 5) is 60.4. The van der Waals surface area contributed by atoms with E-state index in [1.807, 2.05) is 36.1 Å². The molecule has 2 N–H and O–H groups in total. The number of carbonyl (C=O) groups excluding carboxylic acids is 4. The number of imidazole rings is 1. The van der Waals surface area contributed by atoms with Gasteiger partial charge in [-0.15, -0.1) is 10.2 Å². The van der Waals surface area contributed by atoms with Crippen LogP contribution in [0.1, 0.15) is 39.5 Å². The number of halogens is 2. The van der Waals surface area contributed by atoms with Gasteiger partial charge in [-0.05, 0) is 48.4 Å². The summed E-state index contributed by atoms with van der Waals surface area (Å²) in [5.74, 6) is -1.24. The Morgan fingerprint density at radius 3 is 2.25 bits per heavy atom. The first-order valence-electron chi connectivity index (χ1n) is 18.7. The van der Waals surface area contributed by atoms with Gasteiger partial charge in [-0.3, -0.25) is 23.9 Å². The monoisotopic (exact) mass is 796 g/mol. The van der Waals surface area contributed by atoms with Crippen molar-refractivity contribution in [1.29, 1.82) is 0 Å². The van der Waals surface area contributed by atoms with Crippen LogP contribution in [-0.2, 0) is 23.2 Å². The van der Waals surface area contributed by atoms with E-state index in [1.54, 1.807) is 47.1 Å². The summed E-state index contributed by atoms with van der Waals surface area (Å²) in [6.45, 7) is 5.60. The highest BCUT2D eigenvalue weighted by molar-refractivity contribution is 6.34. The number of hydrogen-bond donors (Lipinski definition) is 2. The number of piperazine rings is 1. The van der Waals surface area contributed by atoms with Gasteiger partial charge in [-0.2, -0.15) is 9.49 Å². The molecule has 7 rings (SSSR count). The zero-order valence-corrected chi connectivity index (χ0v) is 33.0. The zero-order valence-electron chi connectivity index (χ0n) is 32.2. The second kappa shape index (κ2) is 16.2. The lowest BCUT2D eigenvalue weighted by molar-refractivity contribution is -0.895.